The Bertz CT molecular complexity index is 522. The van der Waals surface area contributed by atoms with Crippen LogP contribution in [0.2, 0.25) is 0 Å². The van der Waals surface area contributed by atoms with Gasteiger partial charge in [-0.05, 0) is 12.8 Å². The number of aliphatic hydroxyl groups excluding tert-OH is 1. The van der Waals surface area contributed by atoms with Crippen LogP contribution in [0.3, 0.4) is 0 Å². The normalized spacial score (nSPS) is 38.5. The van der Waals surface area contributed by atoms with Crippen LogP contribution in [0.4, 0.5) is 11.1 Å². The summed E-state index contributed by atoms with van der Waals surface area (Å²) in [6, 6.07) is 0. The summed E-state index contributed by atoms with van der Waals surface area (Å²) in [5.74, 6) is 1.51. The molecule has 3 saturated heterocycles. The first kappa shape index (κ1) is 12.8. The summed E-state index contributed by atoms with van der Waals surface area (Å²) < 4.78 is 10.6. The van der Waals surface area contributed by atoms with Gasteiger partial charge in [-0.2, -0.15) is 9.36 Å². The van der Waals surface area contributed by atoms with Crippen molar-refractivity contribution in [2.24, 2.45) is 11.8 Å². The van der Waals surface area contributed by atoms with Gasteiger partial charge in [-0.15, -0.1) is 0 Å². The van der Waals surface area contributed by atoms with E-state index in [1.54, 1.807) is 0 Å². The Morgan fingerprint density at radius 2 is 2.40 bits per heavy atom. The molecule has 110 valence electrons. The largest absolute Gasteiger partial charge is 0.396 e. The molecule has 7 heteroatoms. The van der Waals surface area contributed by atoms with E-state index in [1.165, 1.54) is 11.5 Å². The summed E-state index contributed by atoms with van der Waals surface area (Å²) >= 11 is 1.45. The van der Waals surface area contributed by atoms with Crippen molar-refractivity contribution in [2.45, 2.75) is 24.5 Å². The number of nitrogens with zero attached hydrogens (tertiary/aromatic N) is 4. The number of aromatic nitrogens is 2. The molecule has 0 amide bonds. The molecule has 6 nitrogen and oxygen atoms in total. The SMILES string of the molecule is CN(C)c1nsc(N2C[C@H]3[C@@H](CO)[C@@H]4CC[C@@]3(C2)O4)n1. The van der Waals surface area contributed by atoms with Crippen LogP contribution in [-0.4, -0.2) is 60.0 Å². The van der Waals surface area contributed by atoms with Gasteiger partial charge in [0, 0.05) is 57.2 Å². The fraction of sp³-hybridized carbons (Fsp3) is 0.846. The Hall–Kier alpha value is -0.920. The number of anilines is 2. The van der Waals surface area contributed by atoms with Crippen molar-refractivity contribution in [3.8, 4) is 0 Å². The fourth-order valence-electron chi connectivity index (χ4n) is 4.10. The molecule has 0 aromatic carbocycles. The van der Waals surface area contributed by atoms with E-state index in [0.29, 0.717) is 11.8 Å². The first-order valence-electron chi connectivity index (χ1n) is 7.17. The standard InChI is InChI=1S/C13H20N4O2S/c1-16(2)11-14-12(20-15-11)17-5-9-8(6-18)10-3-4-13(9,7-17)19-10/h8-10,18H,3-7H2,1-2H3/t8-,9+,10+,13+/m1/s1. The lowest BCUT2D eigenvalue weighted by Crippen LogP contribution is -2.37. The van der Waals surface area contributed by atoms with Crippen molar-refractivity contribution < 1.29 is 9.84 Å². The van der Waals surface area contributed by atoms with Gasteiger partial charge in [0.05, 0.1) is 11.7 Å². The van der Waals surface area contributed by atoms with Crippen LogP contribution in [0, 0.1) is 11.8 Å². The first-order valence-corrected chi connectivity index (χ1v) is 7.95. The predicted molar refractivity (Wildman–Crippen MR) is 77.4 cm³/mol. The summed E-state index contributed by atoms with van der Waals surface area (Å²) in [6.45, 7) is 2.07. The molecular weight excluding hydrogens is 276 g/mol. The molecule has 4 rings (SSSR count). The Kier molecular flexibility index (Phi) is 2.74. The van der Waals surface area contributed by atoms with Crippen molar-refractivity contribution >= 4 is 22.6 Å². The fourth-order valence-corrected chi connectivity index (χ4v) is 4.84. The van der Waals surface area contributed by atoms with Gasteiger partial charge in [0.25, 0.3) is 0 Å². The molecule has 1 spiro atoms. The third kappa shape index (κ3) is 1.63. The summed E-state index contributed by atoms with van der Waals surface area (Å²) in [4.78, 5) is 8.81. The van der Waals surface area contributed by atoms with Crippen LogP contribution in [0.1, 0.15) is 12.8 Å². The number of fused-ring (bicyclic) bond motifs is 1. The Morgan fingerprint density at radius 1 is 1.55 bits per heavy atom. The van der Waals surface area contributed by atoms with Crippen molar-refractivity contribution in [2.75, 3.05) is 43.6 Å². The second kappa shape index (κ2) is 4.29. The lowest BCUT2D eigenvalue weighted by atomic mass is 9.74. The zero-order valence-electron chi connectivity index (χ0n) is 11.8. The second-order valence-electron chi connectivity index (χ2n) is 6.36. The van der Waals surface area contributed by atoms with Gasteiger partial charge in [0.2, 0.25) is 11.1 Å². The van der Waals surface area contributed by atoms with E-state index >= 15 is 0 Å². The summed E-state index contributed by atoms with van der Waals surface area (Å²) in [5, 5.41) is 10.6. The third-order valence-corrected chi connectivity index (χ3v) is 5.84. The molecule has 0 aliphatic carbocycles. The second-order valence-corrected chi connectivity index (χ2v) is 7.09. The monoisotopic (exact) mass is 296 g/mol. The smallest absolute Gasteiger partial charge is 0.238 e. The van der Waals surface area contributed by atoms with Crippen molar-refractivity contribution in [1.29, 1.82) is 0 Å². The van der Waals surface area contributed by atoms with Gasteiger partial charge in [-0.3, -0.25) is 0 Å². The first-order chi connectivity index (χ1) is 9.63. The van der Waals surface area contributed by atoms with E-state index in [4.69, 9.17) is 4.74 Å². The summed E-state index contributed by atoms with van der Waals surface area (Å²) in [7, 11) is 3.91. The van der Waals surface area contributed by atoms with Crippen LogP contribution in [0.25, 0.3) is 0 Å². The van der Waals surface area contributed by atoms with E-state index in [9.17, 15) is 5.11 Å². The zero-order chi connectivity index (χ0) is 13.9. The maximum absolute atomic E-state index is 9.64. The van der Waals surface area contributed by atoms with E-state index in [2.05, 4.69) is 14.3 Å². The van der Waals surface area contributed by atoms with Gasteiger partial charge < -0.3 is 19.6 Å². The van der Waals surface area contributed by atoms with E-state index in [1.807, 2.05) is 19.0 Å². The number of hydrogen-bond acceptors (Lipinski definition) is 7. The van der Waals surface area contributed by atoms with Gasteiger partial charge in [-0.25, -0.2) is 0 Å². The molecule has 1 N–H and O–H groups in total. The lowest BCUT2D eigenvalue weighted by molar-refractivity contribution is 0.0129. The highest BCUT2D eigenvalue weighted by atomic mass is 32.1. The average Bonchev–Trinajstić information content (AvgIpc) is 3.15. The lowest BCUT2D eigenvalue weighted by Gasteiger charge is -2.27. The molecule has 4 atom stereocenters. The third-order valence-electron chi connectivity index (χ3n) is 5.07. The maximum Gasteiger partial charge on any atom is 0.238 e. The molecular formula is C13H20N4O2S. The molecule has 3 aliphatic heterocycles. The molecule has 0 saturated carbocycles. The molecule has 0 radical (unpaired) electrons. The maximum atomic E-state index is 9.64. The predicted octanol–water partition coefficient (Wildman–Crippen LogP) is 0.580. The highest BCUT2D eigenvalue weighted by Crippen LogP contribution is 2.55. The molecule has 1 aromatic heterocycles. The average molecular weight is 296 g/mol. The van der Waals surface area contributed by atoms with Gasteiger partial charge in [0.1, 0.15) is 0 Å². The molecule has 20 heavy (non-hydrogen) atoms. The highest BCUT2D eigenvalue weighted by molar-refractivity contribution is 7.09. The Morgan fingerprint density at radius 3 is 3.10 bits per heavy atom. The topological polar surface area (TPSA) is 61.7 Å². The number of rotatable bonds is 3. The van der Waals surface area contributed by atoms with E-state index in [0.717, 1.165) is 37.0 Å². The van der Waals surface area contributed by atoms with Crippen LogP contribution in [0.5, 0.6) is 0 Å². The minimum Gasteiger partial charge on any atom is -0.396 e. The van der Waals surface area contributed by atoms with Crippen LogP contribution >= 0.6 is 11.5 Å². The van der Waals surface area contributed by atoms with Crippen molar-refractivity contribution in [3.63, 3.8) is 0 Å². The van der Waals surface area contributed by atoms with Crippen LogP contribution in [-0.2, 0) is 4.74 Å². The zero-order valence-corrected chi connectivity index (χ0v) is 12.6. The van der Waals surface area contributed by atoms with Gasteiger partial charge in [0.15, 0.2) is 0 Å². The van der Waals surface area contributed by atoms with Crippen LogP contribution < -0.4 is 9.80 Å². The molecule has 0 unspecified atom stereocenters. The highest BCUT2D eigenvalue weighted by Gasteiger charge is 2.63. The molecule has 4 heterocycles. The van der Waals surface area contributed by atoms with E-state index in [-0.39, 0.29) is 18.3 Å². The molecule has 1 aromatic rings. The number of ether oxygens (including phenoxy) is 1. The summed E-state index contributed by atoms with van der Waals surface area (Å²) in [6.07, 6.45) is 2.49. The summed E-state index contributed by atoms with van der Waals surface area (Å²) in [5.41, 5.74) is -0.0397. The molecule has 3 fully saturated rings. The Labute approximate surface area is 122 Å². The quantitative estimate of drug-likeness (QED) is 0.880. The van der Waals surface area contributed by atoms with Crippen LogP contribution in [0.15, 0.2) is 0 Å². The number of hydrogen-bond donors (Lipinski definition) is 1. The van der Waals surface area contributed by atoms with Crippen molar-refractivity contribution in [1.82, 2.24) is 9.36 Å². The number of aliphatic hydroxyl groups is 1. The minimum atomic E-state index is -0.0397. The van der Waals surface area contributed by atoms with Crippen molar-refractivity contribution in [3.05, 3.63) is 0 Å². The Balaban J connectivity index is 1.58. The van der Waals surface area contributed by atoms with Gasteiger partial charge >= 0.3 is 0 Å². The molecule has 3 aliphatic rings. The minimum absolute atomic E-state index is 0.0397. The van der Waals surface area contributed by atoms with Gasteiger partial charge in [-0.1, -0.05) is 0 Å². The molecule has 2 bridgehead atoms. The van der Waals surface area contributed by atoms with E-state index < -0.39 is 0 Å².